The molecular formula is C26H29N3O3. The molecule has 0 fully saturated rings. The van der Waals surface area contributed by atoms with Crippen molar-refractivity contribution in [3.8, 4) is 11.5 Å². The van der Waals surface area contributed by atoms with E-state index in [1.807, 2.05) is 67.7 Å². The lowest BCUT2D eigenvalue weighted by atomic mass is 10.1. The van der Waals surface area contributed by atoms with Gasteiger partial charge in [-0.1, -0.05) is 42.5 Å². The molecule has 2 aromatic carbocycles. The molecule has 0 saturated carbocycles. The first-order valence-electron chi connectivity index (χ1n) is 10.9. The maximum Gasteiger partial charge on any atom is 0.234 e. The summed E-state index contributed by atoms with van der Waals surface area (Å²) in [6.45, 7) is 3.54. The van der Waals surface area contributed by atoms with Crippen molar-refractivity contribution in [2.45, 2.75) is 32.0 Å². The van der Waals surface area contributed by atoms with Crippen molar-refractivity contribution in [1.82, 2.24) is 15.2 Å². The Labute approximate surface area is 189 Å². The minimum absolute atomic E-state index is 0.000418. The first kappa shape index (κ1) is 21.8. The molecule has 0 spiro atoms. The first-order valence-corrected chi connectivity index (χ1v) is 10.9. The number of carbonyl (C=O) groups is 1. The fourth-order valence-corrected chi connectivity index (χ4v) is 4.14. The summed E-state index contributed by atoms with van der Waals surface area (Å²) < 4.78 is 12.0. The molecular weight excluding hydrogens is 402 g/mol. The molecule has 1 amide bonds. The van der Waals surface area contributed by atoms with Crippen LogP contribution in [0.15, 0.2) is 73.1 Å². The van der Waals surface area contributed by atoms with Gasteiger partial charge in [-0.2, -0.15) is 0 Å². The fraction of sp³-hybridized carbons (Fsp3) is 0.308. The van der Waals surface area contributed by atoms with Gasteiger partial charge in [0.05, 0.1) is 13.7 Å². The quantitative estimate of drug-likeness (QED) is 0.617. The second kappa shape index (κ2) is 10.3. The highest BCUT2D eigenvalue weighted by atomic mass is 16.5. The molecule has 3 aromatic rings. The molecule has 0 radical (unpaired) electrons. The van der Waals surface area contributed by atoms with Crippen LogP contribution in [-0.2, 0) is 17.8 Å². The number of aromatic nitrogens is 1. The number of nitrogens with one attached hydrogen (secondary N) is 1. The average molecular weight is 432 g/mol. The molecule has 6 nitrogen and oxygen atoms in total. The van der Waals surface area contributed by atoms with Gasteiger partial charge in [-0.25, -0.2) is 0 Å². The number of ether oxygens (including phenoxy) is 2. The molecule has 0 bridgehead atoms. The van der Waals surface area contributed by atoms with Crippen LogP contribution < -0.4 is 14.8 Å². The maximum atomic E-state index is 12.9. The molecule has 1 aromatic heterocycles. The number of hydrogen-bond donors (Lipinski definition) is 1. The van der Waals surface area contributed by atoms with Gasteiger partial charge in [0, 0.05) is 42.7 Å². The van der Waals surface area contributed by atoms with Crippen LogP contribution in [0.25, 0.3) is 0 Å². The molecule has 0 saturated heterocycles. The zero-order valence-corrected chi connectivity index (χ0v) is 18.5. The Morgan fingerprint density at radius 1 is 1.19 bits per heavy atom. The van der Waals surface area contributed by atoms with Crippen LogP contribution in [0.4, 0.5) is 0 Å². The second-order valence-corrected chi connectivity index (χ2v) is 8.16. The van der Waals surface area contributed by atoms with Crippen LogP contribution >= 0.6 is 0 Å². The third-order valence-electron chi connectivity index (χ3n) is 5.58. The van der Waals surface area contributed by atoms with Gasteiger partial charge in [-0.05, 0) is 37.1 Å². The van der Waals surface area contributed by atoms with Crippen molar-refractivity contribution >= 4 is 5.91 Å². The van der Waals surface area contributed by atoms with Gasteiger partial charge in [-0.15, -0.1) is 0 Å². The first-order chi connectivity index (χ1) is 15.6. The molecule has 1 N–H and O–H groups in total. The Kier molecular flexibility index (Phi) is 7.02. The van der Waals surface area contributed by atoms with Crippen LogP contribution in [0, 0.1) is 0 Å². The van der Waals surface area contributed by atoms with Gasteiger partial charge in [0.25, 0.3) is 0 Å². The molecule has 166 valence electrons. The largest absolute Gasteiger partial charge is 0.496 e. The fourth-order valence-electron chi connectivity index (χ4n) is 4.14. The monoisotopic (exact) mass is 431 g/mol. The summed E-state index contributed by atoms with van der Waals surface area (Å²) in [6, 6.07) is 19.9. The van der Waals surface area contributed by atoms with E-state index in [1.165, 1.54) is 0 Å². The van der Waals surface area contributed by atoms with Gasteiger partial charge >= 0.3 is 0 Å². The highest BCUT2D eigenvalue weighted by molar-refractivity contribution is 5.78. The lowest BCUT2D eigenvalue weighted by molar-refractivity contribution is -0.123. The van der Waals surface area contributed by atoms with Crippen molar-refractivity contribution in [1.29, 1.82) is 0 Å². The number of para-hydroxylation sites is 2. The number of benzene rings is 2. The number of methoxy groups -OCH3 is 1. The number of rotatable bonds is 7. The predicted octanol–water partition coefficient (Wildman–Crippen LogP) is 3.77. The molecule has 1 aliphatic rings. The van der Waals surface area contributed by atoms with Gasteiger partial charge in [-0.3, -0.25) is 14.7 Å². The van der Waals surface area contributed by atoms with Crippen molar-refractivity contribution in [3.05, 3.63) is 89.7 Å². The van der Waals surface area contributed by atoms with Crippen molar-refractivity contribution < 1.29 is 14.3 Å². The number of fused-ring (bicyclic) bond motifs is 1. The maximum absolute atomic E-state index is 12.9. The number of amides is 1. The van der Waals surface area contributed by atoms with E-state index < -0.39 is 0 Å². The van der Waals surface area contributed by atoms with Gasteiger partial charge in [0.2, 0.25) is 5.91 Å². The Morgan fingerprint density at radius 2 is 2.00 bits per heavy atom. The minimum Gasteiger partial charge on any atom is -0.496 e. The van der Waals surface area contributed by atoms with E-state index in [1.54, 1.807) is 13.3 Å². The van der Waals surface area contributed by atoms with E-state index >= 15 is 0 Å². The Balaban J connectivity index is 1.48. The number of carbonyl (C=O) groups excluding carboxylic acids is 1. The summed E-state index contributed by atoms with van der Waals surface area (Å²) >= 11 is 0. The lowest BCUT2D eigenvalue weighted by Gasteiger charge is -2.25. The van der Waals surface area contributed by atoms with Crippen molar-refractivity contribution in [3.63, 3.8) is 0 Å². The average Bonchev–Trinajstić information content (AvgIpc) is 2.98. The van der Waals surface area contributed by atoms with Crippen LogP contribution in [0.1, 0.15) is 29.7 Å². The van der Waals surface area contributed by atoms with Crippen LogP contribution in [0.2, 0.25) is 0 Å². The van der Waals surface area contributed by atoms with Gasteiger partial charge < -0.3 is 14.8 Å². The van der Waals surface area contributed by atoms with Gasteiger partial charge in [0.15, 0.2) is 0 Å². The van der Waals surface area contributed by atoms with Crippen LogP contribution in [0.3, 0.4) is 0 Å². The molecule has 0 unspecified atom stereocenters. The second-order valence-electron chi connectivity index (χ2n) is 8.16. The summed E-state index contributed by atoms with van der Waals surface area (Å²) in [7, 11) is 1.67. The highest BCUT2D eigenvalue weighted by Gasteiger charge is 2.27. The van der Waals surface area contributed by atoms with Crippen molar-refractivity contribution in [2.75, 3.05) is 20.2 Å². The van der Waals surface area contributed by atoms with Crippen molar-refractivity contribution in [2.24, 2.45) is 0 Å². The van der Waals surface area contributed by atoms with E-state index in [9.17, 15) is 4.79 Å². The summed E-state index contributed by atoms with van der Waals surface area (Å²) in [6.07, 6.45) is 4.10. The minimum atomic E-state index is -0.240. The Morgan fingerprint density at radius 3 is 2.81 bits per heavy atom. The van der Waals surface area contributed by atoms with E-state index in [2.05, 4.69) is 21.3 Å². The van der Waals surface area contributed by atoms with E-state index in [0.717, 1.165) is 34.6 Å². The smallest absolute Gasteiger partial charge is 0.234 e. The van der Waals surface area contributed by atoms with Crippen LogP contribution in [-0.4, -0.2) is 42.0 Å². The number of hydrogen-bond acceptors (Lipinski definition) is 5. The lowest BCUT2D eigenvalue weighted by Crippen LogP contribution is -2.42. The number of pyridine rings is 1. The molecule has 0 aliphatic carbocycles. The van der Waals surface area contributed by atoms with E-state index in [0.29, 0.717) is 19.6 Å². The molecule has 6 heteroatoms. The zero-order chi connectivity index (χ0) is 22.3. The molecule has 2 heterocycles. The predicted molar refractivity (Wildman–Crippen MR) is 124 cm³/mol. The molecule has 4 rings (SSSR count). The molecule has 32 heavy (non-hydrogen) atoms. The Hall–Kier alpha value is -3.38. The molecule has 2 atom stereocenters. The summed E-state index contributed by atoms with van der Waals surface area (Å²) in [5.74, 6) is 1.63. The third kappa shape index (κ3) is 5.45. The van der Waals surface area contributed by atoms with Gasteiger partial charge in [0.1, 0.15) is 17.6 Å². The zero-order valence-electron chi connectivity index (χ0n) is 18.5. The third-order valence-corrected chi connectivity index (χ3v) is 5.58. The Bertz CT molecular complexity index is 1040. The van der Waals surface area contributed by atoms with E-state index in [-0.39, 0.29) is 18.1 Å². The summed E-state index contributed by atoms with van der Waals surface area (Å²) in [4.78, 5) is 19.2. The summed E-state index contributed by atoms with van der Waals surface area (Å²) in [5.41, 5.74) is 3.15. The number of nitrogens with zero attached hydrogens (tertiary/aromatic N) is 2. The SMILES string of the molecule is COc1ccccc1[C@@H]1CN(CC(=O)N[C@H](C)Cc2cccnc2)Cc2ccccc2O1. The topological polar surface area (TPSA) is 63.7 Å². The summed E-state index contributed by atoms with van der Waals surface area (Å²) in [5, 5.41) is 3.12. The van der Waals surface area contributed by atoms with E-state index in [4.69, 9.17) is 9.47 Å². The molecule has 1 aliphatic heterocycles. The standard InChI is InChI=1S/C26H29N3O3/c1-19(14-20-8-7-13-27-15-20)28-26(30)18-29-16-21-9-3-5-11-23(21)32-25(17-29)22-10-4-6-12-24(22)31-2/h3-13,15,19,25H,14,16-18H2,1-2H3,(H,28,30)/t19-,25+/m1/s1. The highest BCUT2D eigenvalue weighted by Crippen LogP contribution is 2.34. The normalized spacial score (nSPS) is 16.9. The van der Waals surface area contributed by atoms with Crippen LogP contribution in [0.5, 0.6) is 11.5 Å².